The Hall–Kier alpha value is -2.57. The number of rotatable bonds is 6. The number of amides is 1. The van der Waals surface area contributed by atoms with E-state index < -0.39 is 0 Å². The molecule has 0 aromatic carbocycles. The number of furan rings is 1. The van der Waals surface area contributed by atoms with Crippen LogP contribution < -0.4 is 5.32 Å². The molecule has 1 aliphatic rings. The predicted molar refractivity (Wildman–Crippen MR) is 127 cm³/mol. The maximum absolute atomic E-state index is 12.7. The number of nitrogens with zero attached hydrogens (tertiary/aromatic N) is 4. The van der Waals surface area contributed by atoms with E-state index in [1.807, 2.05) is 17.6 Å². The smallest absolute Gasteiger partial charge is 0.235 e. The first-order valence-corrected chi connectivity index (χ1v) is 12.6. The first kappa shape index (κ1) is 22.6. The fraction of sp³-hybridized carbons (Fsp3) is 0.478. The Labute approximate surface area is 196 Å². The van der Waals surface area contributed by atoms with Gasteiger partial charge in [-0.05, 0) is 55.2 Å². The average Bonchev–Trinajstić information content (AvgIpc) is 3.48. The van der Waals surface area contributed by atoms with Gasteiger partial charge in [0.15, 0.2) is 16.7 Å². The quantitative estimate of drug-likeness (QED) is 0.487. The lowest BCUT2D eigenvalue weighted by Gasteiger charge is -2.33. The molecule has 1 amide bonds. The largest absolute Gasteiger partial charge is 0.461 e. The van der Waals surface area contributed by atoms with Gasteiger partial charge in [-0.15, -0.1) is 21.5 Å². The monoisotopic (exact) mass is 469 g/mol. The van der Waals surface area contributed by atoms with Gasteiger partial charge in [-0.3, -0.25) is 9.36 Å². The second-order valence-electron chi connectivity index (χ2n) is 8.99. The van der Waals surface area contributed by atoms with Crippen LogP contribution in [0.15, 0.2) is 28.0 Å². The van der Waals surface area contributed by atoms with Crippen LogP contribution in [0, 0.1) is 22.7 Å². The summed E-state index contributed by atoms with van der Waals surface area (Å²) < 4.78 is 7.36. The third-order valence-electron chi connectivity index (χ3n) is 5.96. The number of thiophene rings is 1. The van der Waals surface area contributed by atoms with Crippen molar-refractivity contribution in [2.75, 3.05) is 11.1 Å². The molecule has 0 spiro atoms. The van der Waals surface area contributed by atoms with E-state index in [0.717, 1.165) is 24.8 Å². The Bertz CT molecular complexity index is 1150. The highest BCUT2D eigenvalue weighted by Crippen LogP contribution is 2.44. The van der Waals surface area contributed by atoms with Crippen molar-refractivity contribution in [2.24, 2.45) is 11.3 Å². The van der Waals surface area contributed by atoms with Gasteiger partial charge in [0.2, 0.25) is 5.91 Å². The van der Waals surface area contributed by atoms with Crippen molar-refractivity contribution >= 4 is 34.0 Å². The number of thioether (sulfide) groups is 1. The second kappa shape index (κ2) is 9.12. The Morgan fingerprint density at radius 2 is 2.25 bits per heavy atom. The first-order valence-electron chi connectivity index (χ1n) is 10.8. The zero-order valence-electron chi connectivity index (χ0n) is 18.8. The van der Waals surface area contributed by atoms with Crippen molar-refractivity contribution in [3.63, 3.8) is 0 Å². The molecule has 0 saturated carbocycles. The number of anilines is 1. The summed E-state index contributed by atoms with van der Waals surface area (Å²) in [5.74, 6) is 1.92. The highest BCUT2D eigenvalue weighted by atomic mass is 32.2. The van der Waals surface area contributed by atoms with Gasteiger partial charge in [0, 0.05) is 11.4 Å². The van der Waals surface area contributed by atoms with E-state index in [2.05, 4.69) is 42.4 Å². The van der Waals surface area contributed by atoms with Gasteiger partial charge >= 0.3 is 0 Å². The normalized spacial score (nSPS) is 15.9. The van der Waals surface area contributed by atoms with E-state index in [0.29, 0.717) is 39.8 Å². The van der Waals surface area contributed by atoms with Crippen molar-refractivity contribution in [2.45, 2.75) is 58.7 Å². The molecule has 0 saturated heterocycles. The van der Waals surface area contributed by atoms with Crippen LogP contribution >= 0.6 is 23.1 Å². The molecule has 1 N–H and O–H groups in total. The Balaban J connectivity index is 1.45. The zero-order valence-corrected chi connectivity index (χ0v) is 20.4. The average molecular weight is 470 g/mol. The third-order valence-corrected chi connectivity index (χ3v) is 8.10. The Kier molecular flexibility index (Phi) is 6.45. The van der Waals surface area contributed by atoms with Crippen LogP contribution in [0.4, 0.5) is 5.00 Å². The van der Waals surface area contributed by atoms with Gasteiger partial charge in [0.05, 0.1) is 17.6 Å². The van der Waals surface area contributed by atoms with Crippen LogP contribution in [-0.2, 0) is 24.2 Å². The van der Waals surface area contributed by atoms with Gasteiger partial charge in [-0.2, -0.15) is 5.26 Å². The number of fused-ring (bicyclic) bond motifs is 1. The van der Waals surface area contributed by atoms with Gasteiger partial charge in [0.25, 0.3) is 0 Å². The van der Waals surface area contributed by atoms with Crippen molar-refractivity contribution in [3.05, 3.63) is 34.4 Å². The maximum Gasteiger partial charge on any atom is 0.235 e. The number of carbonyl (C=O) groups excluding carboxylic acids is 1. The number of nitriles is 1. The molecule has 0 aliphatic heterocycles. The van der Waals surface area contributed by atoms with Gasteiger partial charge < -0.3 is 9.73 Å². The van der Waals surface area contributed by atoms with E-state index in [1.54, 1.807) is 23.7 Å². The van der Waals surface area contributed by atoms with Crippen molar-refractivity contribution in [3.8, 4) is 17.7 Å². The zero-order chi connectivity index (χ0) is 22.9. The number of carbonyl (C=O) groups is 1. The molecule has 7 nitrogen and oxygen atoms in total. The van der Waals surface area contributed by atoms with E-state index in [9.17, 15) is 10.1 Å². The Morgan fingerprint density at radius 1 is 1.44 bits per heavy atom. The number of nitrogens with one attached hydrogen (secondary N) is 1. The molecule has 168 valence electrons. The van der Waals surface area contributed by atoms with Crippen LogP contribution in [0.25, 0.3) is 11.6 Å². The van der Waals surface area contributed by atoms with E-state index >= 15 is 0 Å². The fourth-order valence-corrected chi connectivity index (χ4v) is 6.19. The molecule has 4 rings (SSSR count). The molecule has 3 heterocycles. The van der Waals surface area contributed by atoms with Crippen LogP contribution in [-0.4, -0.2) is 26.4 Å². The van der Waals surface area contributed by atoms with Gasteiger partial charge in [-0.25, -0.2) is 0 Å². The lowest BCUT2D eigenvalue weighted by atomic mass is 9.72. The molecule has 0 unspecified atom stereocenters. The minimum atomic E-state index is -0.150. The van der Waals surface area contributed by atoms with E-state index in [-0.39, 0.29) is 17.1 Å². The Morgan fingerprint density at radius 3 is 2.91 bits per heavy atom. The predicted octanol–water partition coefficient (Wildman–Crippen LogP) is 5.37. The highest BCUT2D eigenvalue weighted by Gasteiger charge is 2.32. The SMILES string of the molecule is CCn1c(SCC(=O)Nc2sc3c(c2C#N)CC[C@H](C(C)(C)C)C3)nnc1-c1ccco1. The number of hydrogen-bond acceptors (Lipinski definition) is 7. The van der Waals surface area contributed by atoms with Gasteiger partial charge in [0.1, 0.15) is 11.1 Å². The summed E-state index contributed by atoms with van der Waals surface area (Å²) in [5.41, 5.74) is 1.99. The molecule has 3 aromatic rings. The summed E-state index contributed by atoms with van der Waals surface area (Å²) in [6.45, 7) is 9.48. The standard InChI is InChI=1S/C23H27N5O2S2/c1-5-28-20(17-7-6-10-30-17)26-27-22(28)31-13-19(29)25-21-16(12-24)15-9-8-14(23(2,3)4)11-18(15)32-21/h6-7,10,14H,5,8-9,11,13H2,1-4H3,(H,25,29)/t14-/m0/s1. The molecule has 1 atom stereocenters. The lowest BCUT2D eigenvalue weighted by Crippen LogP contribution is -2.26. The molecule has 3 aromatic heterocycles. The van der Waals surface area contributed by atoms with Crippen LogP contribution in [0.3, 0.4) is 0 Å². The van der Waals surface area contributed by atoms with Crippen molar-refractivity contribution in [1.82, 2.24) is 14.8 Å². The minimum Gasteiger partial charge on any atom is -0.461 e. The van der Waals surface area contributed by atoms with E-state index in [1.165, 1.54) is 16.6 Å². The topological polar surface area (TPSA) is 96.7 Å². The molecule has 1 aliphatic carbocycles. The molecule has 0 bridgehead atoms. The summed E-state index contributed by atoms with van der Waals surface area (Å²) in [5, 5.41) is 22.5. The maximum atomic E-state index is 12.7. The molecule has 9 heteroatoms. The fourth-order valence-electron chi connectivity index (χ4n) is 4.09. The summed E-state index contributed by atoms with van der Waals surface area (Å²) in [4.78, 5) is 14.0. The summed E-state index contributed by atoms with van der Waals surface area (Å²) in [7, 11) is 0. The van der Waals surface area contributed by atoms with E-state index in [4.69, 9.17) is 4.42 Å². The van der Waals surface area contributed by atoms with Crippen LogP contribution in [0.1, 0.15) is 50.1 Å². The van der Waals surface area contributed by atoms with Crippen LogP contribution in [0.5, 0.6) is 0 Å². The molecule has 32 heavy (non-hydrogen) atoms. The highest BCUT2D eigenvalue weighted by molar-refractivity contribution is 7.99. The number of aromatic nitrogens is 3. The van der Waals surface area contributed by atoms with Crippen molar-refractivity contribution < 1.29 is 9.21 Å². The first-order chi connectivity index (χ1) is 15.3. The molecule has 0 radical (unpaired) electrons. The molecule has 0 fully saturated rings. The summed E-state index contributed by atoms with van der Waals surface area (Å²) in [6.07, 6.45) is 4.55. The number of hydrogen-bond donors (Lipinski definition) is 1. The second-order valence-corrected chi connectivity index (χ2v) is 11.0. The third kappa shape index (κ3) is 4.48. The summed E-state index contributed by atoms with van der Waals surface area (Å²) in [6, 6.07) is 5.97. The lowest BCUT2D eigenvalue weighted by molar-refractivity contribution is -0.113. The van der Waals surface area contributed by atoms with Gasteiger partial charge in [-0.1, -0.05) is 32.5 Å². The minimum absolute atomic E-state index is 0.150. The molecular weight excluding hydrogens is 442 g/mol. The van der Waals surface area contributed by atoms with Crippen molar-refractivity contribution in [1.29, 1.82) is 5.26 Å². The molecular formula is C23H27N5O2S2. The summed E-state index contributed by atoms with van der Waals surface area (Å²) >= 11 is 2.88. The van der Waals surface area contributed by atoms with Crippen LogP contribution in [0.2, 0.25) is 0 Å².